The van der Waals surface area contributed by atoms with Crippen molar-refractivity contribution in [2.45, 2.75) is 6.42 Å². The summed E-state index contributed by atoms with van der Waals surface area (Å²) in [5.74, 6) is -4.87. The van der Waals surface area contributed by atoms with Crippen molar-refractivity contribution in [2.24, 2.45) is 0 Å². The van der Waals surface area contributed by atoms with Gasteiger partial charge in [0, 0.05) is 26.5 Å². The smallest absolute Gasteiger partial charge is 0.270 e. The van der Waals surface area contributed by atoms with E-state index in [0.717, 1.165) is 12.1 Å². The first-order valence-corrected chi connectivity index (χ1v) is 7.03. The molecule has 1 aromatic heterocycles. The first kappa shape index (κ1) is 17.7. The molecule has 2 aromatic rings. The van der Waals surface area contributed by atoms with E-state index in [1.54, 1.807) is 7.11 Å². The van der Waals surface area contributed by atoms with E-state index < -0.39 is 23.4 Å². The monoisotopic (exact) mass is 340 g/mol. The van der Waals surface area contributed by atoms with Crippen LogP contribution < -0.4 is 10.6 Å². The molecule has 0 atom stereocenters. The van der Waals surface area contributed by atoms with Crippen LogP contribution in [0.15, 0.2) is 24.4 Å². The van der Waals surface area contributed by atoms with Crippen LogP contribution in [0.4, 0.5) is 24.8 Å². The van der Waals surface area contributed by atoms with Crippen LogP contribution in [0.5, 0.6) is 0 Å². The van der Waals surface area contributed by atoms with E-state index in [4.69, 9.17) is 4.74 Å². The van der Waals surface area contributed by atoms with Gasteiger partial charge < -0.3 is 15.4 Å². The zero-order valence-corrected chi connectivity index (χ0v) is 12.8. The Hall–Kier alpha value is -2.68. The third-order valence-corrected chi connectivity index (χ3v) is 2.98. The van der Waals surface area contributed by atoms with Gasteiger partial charge in [0.1, 0.15) is 5.69 Å². The predicted octanol–water partition coefficient (Wildman–Crippen LogP) is 2.40. The number of anilines is 2. The molecule has 2 rings (SSSR count). The first-order valence-electron chi connectivity index (χ1n) is 7.03. The number of halogens is 3. The van der Waals surface area contributed by atoms with Gasteiger partial charge in [-0.25, -0.2) is 23.1 Å². The minimum Gasteiger partial charge on any atom is -0.385 e. The summed E-state index contributed by atoms with van der Waals surface area (Å²) in [6.07, 6.45) is 1.93. The number of aromatic nitrogens is 2. The Kier molecular flexibility index (Phi) is 6.07. The average Bonchev–Trinajstić information content (AvgIpc) is 2.59. The largest absolute Gasteiger partial charge is 0.385 e. The summed E-state index contributed by atoms with van der Waals surface area (Å²) in [6, 6.07) is 3.15. The molecule has 9 heteroatoms. The Morgan fingerprint density at radius 2 is 2.00 bits per heavy atom. The fourth-order valence-electron chi connectivity index (χ4n) is 1.80. The number of nitrogens with one attached hydrogen (secondary N) is 2. The quantitative estimate of drug-likeness (QED) is 0.598. The summed E-state index contributed by atoms with van der Waals surface area (Å²) in [5, 5.41) is 5.04. The minimum atomic E-state index is -1.60. The zero-order chi connectivity index (χ0) is 17.5. The lowest BCUT2D eigenvalue weighted by atomic mass is 10.3. The molecule has 2 N–H and O–H groups in total. The van der Waals surface area contributed by atoms with Crippen LogP contribution in [0, 0.1) is 17.5 Å². The lowest BCUT2D eigenvalue weighted by Gasteiger charge is -2.08. The lowest BCUT2D eigenvalue weighted by Crippen LogP contribution is -2.26. The lowest BCUT2D eigenvalue weighted by molar-refractivity contribution is 0.0943. The molecule has 24 heavy (non-hydrogen) atoms. The molecule has 0 unspecified atom stereocenters. The van der Waals surface area contributed by atoms with Gasteiger partial charge in [0.15, 0.2) is 17.5 Å². The molecule has 6 nitrogen and oxygen atoms in total. The van der Waals surface area contributed by atoms with Crippen LogP contribution in [0.2, 0.25) is 0 Å². The van der Waals surface area contributed by atoms with Crippen molar-refractivity contribution in [1.82, 2.24) is 15.3 Å². The van der Waals surface area contributed by atoms with E-state index in [-0.39, 0.29) is 17.3 Å². The average molecular weight is 340 g/mol. The van der Waals surface area contributed by atoms with Crippen LogP contribution >= 0.6 is 0 Å². The Morgan fingerprint density at radius 3 is 2.75 bits per heavy atom. The van der Waals surface area contributed by atoms with Crippen molar-refractivity contribution in [3.05, 3.63) is 47.5 Å². The molecule has 0 aliphatic heterocycles. The van der Waals surface area contributed by atoms with Crippen molar-refractivity contribution in [3.8, 4) is 0 Å². The molecule has 0 saturated heterocycles. The van der Waals surface area contributed by atoms with E-state index >= 15 is 0 Å². The van der Waals surface area contributed by atoms with E-state index in [0.29, 0.717) is 19.6 Å². The second-order valence-corrected chi connectivity index (χ2v) is 4.72. The third-order valence-electron chi connectivity index (χ3n) is 2.98. The van der Waals surface area contributed by atoms with E-state index in [2.05, 4.69) is 20.6 Å². The fourth-order valence-corrected chi connectivity index (χ4v) is 1.80. The highest BCUT2D eigenvalue weighted by atomic mass is 19.2. The summed E-state index contributed by atoms with van der Waals surface area (Å²) in [5.41, 5.74) is -0.292. The van der Waals surface area contributed by atoms with Crippen molar-refractivity contribution >= 4 is 17.5 Å². The SMILES string of the molecule is COCCCNC(=O)c1ccnc(Nc2ccc(F)c(F)c2F)n1. The number of carbonyl (C=O) groups excluding carboxylic acids is 1. The fraction of sp³-hybridized carbons (Fsp3) is 0.267. The number of benzene rings is 1. The molecule has 0 fully saturated rings. The number of nitrogens with zero attached hydrogens (tertiary/aromatic N) is 2. The van der Waals surface area contributed by atoms with Crippen molar-refractivity contribution < 1.29 is 22.7 Å². The van der Waals surface area contributed by atoms with Gasteiger partial charge in [0.2, 0.25) is 5.95 Å². The number of ether oxygens (including phenoxy) is 1. The van der Waals surface area contributed by atoms with Crippen LogP contribution in [0.3, 0.4) is 0 Å². The summed E-state index contributed by atoms with van der Waals surface area (Å²) >= 11 is 0. The molecule has 0 radical (unpaired) electrons. The van der Waals surface area contributed by atoms with Gasteiger partial charge in [0.05, 0.1) is 5.69 Å². The highest BCUT2D eigenvalue weighted by molar-refractivity contribution is 5.92. The Morgan fingerprint density at radius 1 is 1.21 bits per heavy atom. The van der Waals surface area contributed by atoms with Gasteiger partial charge in [-0.05, 0) is 24.6 Å². The number of hydrogen-bond donors (Lipinski definition) is 2. The van der Waals surface area contributed by atoms with Gasteiger partial charge in [-0.15, -0.1) is 0 Å². The van der Waals surface area contributed by atoms with Crippen molar-refractivity contribution in [1.29, 1.82) is 0 Å². The number of amides is 1. The van der Waals surface area contributed by atoms with Gasteiger partial charge >= 0.3 is 0 Å². The highest BCUT2D eigenvalue weighted by Crippen LogP contribution is 2.21. The van der Waals surface area contributed by atoms with Gasteiger partial charge in [-0.3, -0.25) is 4.79 Å². The second kappa shape index (κ2) is 8.25. The maximum Gasteiger partial charge on any atom is 0.270 e. The number of hydrogen-bond acceptors (Lipinski definition) is 5. The molecule has 0 bridgehead atoms. The molecular formula is C15H15F3N4O2. The predicted molar refractivity (Wildman–Crippen MR) is 80.5 cm³/mol. The van der Waals surface area contributed by atoms with E-state index in [1.807, 2.05) is 0 Å². The van der Waals surface area contributed by atoms with Gasteiger partial charge in [-0.2, -0.15) is 0 Å². The minimum absolute atomic E-state index is 0.0490. The highest BCUT2D eigenvalue weighted by Gasteiger charge is 2.15. The van der Waals surface area contributed by atoms with Crippen LogP contribution in [0.1, 0.15) is 16.9 Å². The van der Waals surface area contributed by atoms with Crippen LogP contribution in [-0.4, -0.2) is 36.1 Å². The normalized spacial score (nSPS) is 10.5. The summed E-state index contributed by atoms with van der Waals surface area (Å²) < 4.78 is 44.6. The van der Waals surface area contributed by atoms with Gasteiger partial charge in [-0.1, -0.05) is 0 Å². The van der Waals surface area contributed by atoms with E-state index in [1.165, 1.54) is 12.3 Å². The van der Waals surface area contributed by atoms with Gasteiger partial charge in [0.25, 0.3) is 5.91 Å². The Balaban J connectivity index is 2.08. The topological polar surface area (TPSA) is 76.1 Å². The molecule has 0 spiro atoms. The molecule has 1 heterocycles. The number of carbonyl (C=O) groups is 1. The maximum atomic E-state index is 13.6. The molecule has 0 aliphatic carbocycles. The molecule has 0 saturated carbocycles. The number of rotatable bonds is 7. The number of methoxy groups -OCH3 is 1. The van der Waals surface area contributed by atoms with Crippen molar-refractivity contribution in [2.75, 3.05) is 25.6 Å². The summed E-state index contributed by atoms with van der Waals surface area (Å²) in [4.78, 5) is 19.7. The second-order valence-electron chi connectivity index (χ2n) is 4.72. The molecule has 128 valence electrons. The molecule has 1 amide bonds. The Labute approximate surface area is 136 Å². The summed E-state index contributed by atoms with van der Waals surface area (Å²) in [7, 11) is 1.56. The Bertz CT molecular complexity index is 728. The van der Waals surface area contributed by atoms with E-state index in [9.17, 15) is 18.0 Å². The zero-order valence-electron chi connectivity index (χ0n) is 12.8. The molecule has 0 aliphatic rings. The molecular weight excluding hydrogens is 325 g/mol. The molecule has 1 aromatic carbocycles. The van der Waals surface area contributed by atoms with Crippen LogP contribution in [0.25, 0.3) is 0 Å². The van der Waals surface area contributed by atoms with Crippen molar-refractivity contribution in [3.63, 3.8) is 0 Å². The maximum absolute atomic E-state index is 13.6. The standard InChI is InChI=1S/C15H15F3N4O2/c1-24-8-2-6-19-14(23)11-5-7-20-15(22-11)21-10-4-3-9(16)12(17)13(10)18/h3-5,7H,2,6,8H2,1H3,(H,19,23)(H,20,21,22). The third kappa shape index (κ3) is 4.42. The van der Waals surface area contributed by atoms with Crippen LogP contribution in [-0.2, 0) is 4.74 Å². The summed E-state index contributed by atoms with van der Waals surface area (Å²) in [6.45, 7) is 0.906. The first-order chi connectivity index (χ1) is 11.5.